The fraction of sp³-hybridized carbons (Fsp3) is 0.417. The third kappa shape index (κ3) is 4.52. The van der Waals surface area contributed by atoms with Crippen LogP contribution >= 0.6 is 12.4 Å². The van der Waals surface area contributed by atoms with Crippen molar-refractivity contribution in [3.05, 3.63) is 24.3 Å². The molecule has 0 aromatic heterocycles. The van der Waals surface area contributed by atoms with Crippen LogP contribution in [0.25, 0.3) is 0 Å². The van der Waals surface area contributed by atoms with Crippen LogP contribution in [-0.4, -0.2) is 36.8 Å². The minimum Gasteiger partial charge on any atom is -0.508 e. The van der Waals surface area contributed by atoms with Crippen LogP contribution in [-0.2, 0) is 9.53 Å². The summed E-state index contributed by atoms with van der Waals surface area (Å²) in [7, 11) is 0. The Balaban J connectivity index is 0.00000162. The van der Waals surface area contributed by atoms with E-state index in [1.807, 2.05) is 0 Å². The maximum atomic E-state index is 11.7. The molecule has 1 aliphatic heterocycles. The molecule has 1 aliphatic rings. The summed E-state index contributed by atoms with van der Waals surface area (Å²) in [6.45, 7) is 2.07. The van der Waals surface area contributed by atoms with Crippen LogP contribution in [0.4, 0.5) is 5.69 Å². The second-order valence-electron chi connectivity index (χ2n) is 4.03. The molecule has 1 heterocycles. The molecule has 0 aliphatic carbocycles. The van der Waals surface area contributed by atoms with Crippen molar-refractivity contribution in [2.45, 2.75) is 12.5 Å². The summed E-state index contributed by atoms with van der Waals surface area (Å²) in [6, 6.07) is 6.49. The Bertz CT molecular complexity index is 377. The van der Waals surface area contributed by atoms with E-state index < -0.39 is 0 Å². The van der Waals surface area contributed by atoms with E-state index in [4.69, 9.17) is 9.84 Å². The first-order valence-corrected chi connectivity index (χ1v) is 5.64. The van der Waals surface area contributed by atoms with Gasteiger partial charge in [-0.25, -0.2) is 0 Å². The lowest BCUT2D eigenvalue weighted by Crippen LogP contribution is -2.43. The van der Waals surface area contributed by atoms with Gasteiger partial charge in [0.15, 0.2) is 0 Å². The fourth-order valence-electron chi connectivity index (χ4n) is 1.73. The Morgan fingerprint density at radius 3 is 2.78 bits per heavy atom. The largest absolute Gasteiger partial charge is 0.508 e. The van der Waals surface area contributed by atoms with Crippen LogP contribution in [0.1, 0.15) is 6.42 Å². The number of nitrogens with one attached hydrogen (secondary N) is 2. The van der Waals surface area contributed by atoms with Gasteiger partial charge in [-0.05, 0) is 24.3 Å². The van der Waals surface area contributed by atoms with Crippen molar-refractivity contribution < 1.29 is 14.6 Å². The first-order valence-electron chi connectivity index (χ1n) is 5.64. The summed E-state index contributed by atoms with van der Waals surface area (Å²) in [5, 5.41) is 15.1. The van der Waals surface area contributed by atoms with Crippen molar-refractivity contribution in [1.29, 1.82) is 0 Å². The predicted molar refractivity (Wildman–Crippen MR) is 71.2 cm³/mol. The number of carbonyl (C=O) groups is 1. The monoisotopic (exact) mass is 272 g/mol. The van der Waals surface area contributed by atoms with Crippen molar-refractivity contribution in [1.82, 2.24) is 5.32 Å². The number of ether oxygens (including phenoxy) is 1. The zero-order valence-electron chi connectivity index (χ0n) is 9.89. The molecule has 1 atom stereocenters. The van der Waals surface area contributed by atoms with Gasteiger partial charge >= 0.3 is 0 Å². The highest BCUT2D eigenvalue weighted by Crippen LogP contribution is 2.14. The lowest BCUT2D eigenvalue weighted by molar-refractivity contribution is -0.117. The molecule has 6 heteroatoms. The number of hydrogen-bond acceptors (Lipinski definition) is 4. The number of amides is 1. The molecule has 1 amide bonds. The summed E-state index contributed by atoms with van der Waals surface area (Å²) in [5.74, 6) is 0.129. The van der Waals surface area contributed by atoms with Gasteiger partial charge in [-0.2, -0.15) is 0 Å². The van der Waals surface area contributed by atoms with Crippen molar-refractivity contribution in [3.8, 4) is 5.75 Å². The second-order valence-corrected chi connectivity index (χ2v) is 4.03. The maximum Gasteiger partial charge on any atom is 0.226 e. The summed E-state index contributed by atoms with van der Waals surface area (Å²) in [4.78, 5) is 11.7. The number of phenols is 1. The molecule has 18 heavy (non-hydrogen) atoms. The van der Waals surface area contributed by atoms with Gasteiger partial charge in [-0.3, -0.25) is 4.79 Å². The van der Waals surface area contributed by atoms with Crippen molar-refractivity contribution in [2.75, 3.05) is 25.1 Å². The molecule has 0 spiro atoms. The number of halogens is 1. The fourth-order valence-corrected chi connectivity index (χ4v) is 1.73. The molecule has 1 aromatic carbocycles. The van der Waals surface area contributed by atoms with E-state index in [0.717, 1.165) is 6.54 Å². The van der Waals surface area contributed by atoms with E-state index >= 15 is 0 Å². The van der Waals surface area contributed by atoms with Crippen LogP contribution in [0.5, 0.6) is 5.75 Å². The number of anilines is 1. The Morgan fingerprint density at radius 2 is 2.17 bits per heavy atom. The Labute approximate surface area is 112 Å². The molecule has 1 unspecified atom stereocenters. The van der Waals surface area contributed by atoms with Gasteiger partial charge in [-0.15, -0.1) is 12.4 Å². The Morgan fingerprint density at radius 1 is 1.44 bits per heavy atom. The number of benzene rings is 1. The van der Waals surface area contributed by atoms with Gasteiger partial charge in [0.2, 0.25) is 5.91 Å². The third-order valence-electron chi connectivity index (χ3n) is 2.58. The molecule has 1 fully saturated rings. The minimum absolute atomic E-state index is 0. The summed E-state index contributed by atoms with van der Waals surface area (Å²) < 4.78 is 5.27. The Hall–Kier alpha value is -1.30. The van der Waals surface area contributed by atoms with Crippen molar-refractivity contribution >= 4 is 24.0 Å². The van der Waals surface area contributed by atoms with Gasteiger partial charge in [0, 0.05) is 24.7 Å². The van der Waals surface area contributed by atoms with Gasteiger partial charge in [0.25, 0.3) is 0 Å². The minimum atomic E-state index is -0.0568. The third-order valence-corrected chi connectivity index (χ3v) is 2.58. The number of morpholine rings is 1. The lowest BCUT2D eigenvalue weighted by Gasteiger charge is -2.23. The summed E-state index contributed by atoms with van der Waals surface area (Å²) >= 11 is 0. The van der Waals surface area contributed by atoms with Gasteiger partial charge in [0.1, 0.15) is 5.75 Å². The number of phenolic OH excluding ortho intramolecular Hbond substituents is 1. The van der Waals surface area contributed by atoms with E-state index in [9.17, 15) is 4.79 Å². The SMILES string of the molecule is Cl.O=C(CC1COCCN1)Nc1ccc(O)cc1. The smallest absolute Gasteiger partial charge is 0.226 e. The topological polar surface area (TPSA) is 70.6 Å². The van der Waals surface area contributed by atoms with E-state index in [2.05, 4.69) is 10.6 Å². The zero-order valence-corrected chi connectivity index (χ0v) is 10.7. The van der Waals surface area contributed by atoms with Gasteiger partial charge < -0.3 is 20.5 Å². The van der Waals surface area contributed by atoms with E-state index in [-0.39, 0.29) is 30.1 Å². The molecular weight excluding hydrogens is 256 g/mol. The van der Waals surface area contributed by atoms with Crippen molar-refractivity contribution in [2.24, 2.45) is 0 Å². The van der Waals surface area contributed by atoms with Crippen LogP contribution in [0.15, 0.2) is 24.3 Å². The predicted octanol–water partition coefficient (Wildman–Crippen LogP) is 1.13. The van der Waals surface area contributed by atoms with E-state index in [1.54, 1.807) is 12.1 Å². The molecule has 1 saturated heterocycles. The average Bonchev–Trinajstić information content (AvgIpc) is 2.33. The highest BCUT2D eigenvalue weighted by atomic mass is 35.5. The highest BCUT2D eigenvalue weighted by molar-refractivity contribution is 5.91. The molecule has 0 bridgehead atoms. The number of hydrogen-bond donors (Lipinski definition) is 3. The van der Waals surface area contributed by atoms with Crippen LogP contribution in [0.3, 0.4) is 0 Å². The quantitative estimate of drug-likeness (QED) is 0.722. The lowest BCUT2D eigenvalue weighted by atomic mass is 10.2. The molecule has 5 nitrogen and oxygen atoms in total. The van der Waals surface area contributed by atoms with E-state index in [0.29, 0.717) is 25.3 Å². The van der Waals surface area contributed by atoms with Crippen LogP contribution in [0, 0.1) is 0 Å². The second kappa shape index (κ2) is 7.20. The first kappa shape index (κ1) is 14.8. The molecule has 2 rings (SSSR count). The average molecular weight is 273 g/mol. The molecular formula is C12H17ClN2O3. The summed E-state index contributed by atoms with van der Waals surface area (Å²) in [6.07, 6.45) is 0.390. The van der Waals surface area contributed by atoms with Gasteiger partial charge in [-0.1, -0.05) is 0 Å². The Kier molecular flexibility index (Phi) is 5.91. The van der Waals surface area contributed by atoms with Crippen molar-refractivity contribution in [3.63, 3.8) is 0 Å². The van der Waals surface area contributed by atoms with Gasteiger partial charge in [0.05, 0.1) is 13.2 Å². The molecule has 100 valence electrons. The maximum absolute atomic E-state index is 11.7. The van der Waals surface area contributed by atoms with Crippen LogP contribution < -0.4 is 10.6 Å². The molecule has 0 saturated carbocycles. The summed E-state index contributed by atoms with van der Waals surface area (Å²) in [5.41, 5.74) is 0.685. The number of carbonyl (C=O) groups excluding carboxylic acids is 1. The van der Waals surface area contributed by atoms with E-state index in [1.165, 1.54) is 12.1 Å². The number of rotatable bonds is 3. The van der Waals surface area contributed by atoms with Crippen LogP contribution in [0.2, 0.25) is 0 Å². The zero-order chi connectivity index (χ0) is 12.1. The highest BCUT2D eigenvalue weighted by Gasteiger charge is 2.16. The number of aromatic hydroxyl groups is 1. The standard InChI is InChI=1S/C12H16N2O3.ClH/c15-11-3-1-9(2-4-11)14-12(16)7-10-8-17-6-5-13-10;/h1-4,10,13,15H,5-8H2,(H,14,16);1H. The molecule has 1 aromatic rings. The molecule has 0 radical (unpaired) electrons. The molecule has 3 N–H and O–H groups in total. The normalized spacial score (nSPS) is 18.8. The first-order chi connectivity index (χ1) is 8.24.